The van der Waals surface area contributed by atoms with Crippen LogP contribution in [0, 0.1) is 11.5 Å². The topological polar surface area (TPSA) is 70.1 Å². The summed E-state index contributed by atoms with van der Waals surface area (Å²) in [5.41, 5.74) is 8.63. The summed E-state index contributed by atoms with van der Waals surface area (Å²) in [6.07, 6.45) is 3.10. The minimum atomic E-state index is -0.465. The number of nitriles is 1. The summed E-state index contributed by atoms with van der Waals surface area (Å²) in [5, 5.41) is 9.37. The Morgan fingerprint density at radius 2 is 1.90 bits per heavy atom. The van der Waals surface area contributed by atoms with Crippen LogP contribution in [0.4, 0.5) is 5.69 Å². The lowest BCUT2D eigenvalue weighted by Gasteiger charge is -2.17. The van der Waals surface area contributed by atoms with Gasteiger partial charge in [0.1, 0.15) is 0 Å². The number of benzene rings is 2. The molecule has 4 heteroatoms. The predicted octanol–water partition coefficient (Wildman–Crippen LogP) is 2.84. The fourth-order valence-corrected chi connectivity index (χ4v) is 2.13. The Morgan fingerprint density at radius 3 is 2.57 bits per heavy atom. The standard InChI is InChI=1S/C17H17N3O/c1-2-13-5-4-8-16(10-13)20(12-18)11-14-6-3-7-15(9-14)17(19)21/h3-10H,2,11H2,1H3,(H2,19,21). The first-order valence-electron chi connectivity index (χ1n) is 6.79. The van der Waals surface area contributed by atoms with Crippen molar-refractivity contribution in [1.82, 2.24) is 0 Å². The Bertz CT molecular complexity index is 688. The van der Waals surface area contributed by atoms with Gasteiger partial charge in [-0.15, -0.1) is 0 Å². The number of carbonyl (C=O) groups is 1. The van der Waals surface area contributed by atoms with Crippen molar-refractivity contribution in [1.29, 1.82) is 5.26 Å². The van der Waals surface area contributed by atoms with Crippen molar-refractivity contribution in [2.75, 3.05) is 4.90 Å². The molecule has 0 aromatic heterocycles. The third-order valence-electron chi connectivity index (χ3n) is 3.30. The Kier molecular flexibility index (Phi) is 4.57. The second kappa shape index (κ2) is 6.58. The first-order chi connectivity index (χ1) is 10.1. The lowest BCUT2D eigenvalue weighted by molar-refractivity contribution is 0.1000. The number of nitrogens with two attached hydrogens (primary N) is 1. The Hall–Kier alpha value is -2.80. The molecule has 0 spiro atoms. The van der Waals surface area contributed by atoms with Crippen LogP contribution < -0.4 is 10.6 Å². The highest BCUT2D eigenvalue weighted by atomic mass is 16.1. The largest absolute Gasteiger partial charge is 0.366 e. The molecular formula is C17H17N3O. The van der Waals surface area contributed by atoms with E-state index in [-0.39, 0.29) is 0 Å². The van der Waals surface area contributed by atoms with Crippen molar-refractivity contribution in [3.63, 3.8) is 0 Å². The van der Waals surface area contributed by atoms with Crippen molar-refractivity contribution >= 4 is 11.6 Å². The Morgan fingerprint density at radius 1 is 1.19 bits per heavy atom. The maximum absolute atomic E-state index is 11.2. The molecule has 4 nitrogen and oxygen atoms in total. The number of primary amides is 1. The molecule has 2 aromatic rings. The quantitative estimate of drug-likeness (QED) is 0.675. The molecule has 21 heavy (non-hydrogen) atoms. The van der Waals surface area contributed by atoms with Gasteiger partial charge in [0.2, 0.25) is 5.91 Å². The average molecular weight is 279 g/mol. The molecule has 106 valence electrons. The highest BCUT2D eigenvalue weighted by Crippen LogP contribution is 2.19. The van der Waals surface area contributed by atoms with Gasteiger partial charge in [0.05, 0.1) is 12.2 Å². The maximum atomic E-state index is 11.2. The number of hydrogen-bond donors (Lipinski definition) is 1. The summed E-state index contributed by atoms with van der Waals surface area (Å²) in [4.78, 5) is 12.8. The van der Waals surface area contributed by atoms with E-state index in [4.69, 9.17) is 5.73 Å². The smallest absolute Gasteiger partial charge is 0.248 e. The summed E-state index contributed by atoms with van der Waals surface area (Å²) < 4.78 is 0. The zero-order chi connectivity index (χ0) is 15.2. The fraction of sp³-hybridized carbons (Fsp3) is 0.176. The maximum Gasteiger partial charge on any atom is 0.248 e. The van der Waals surface area contributed by atoms with E-state index >= 15 is 0 Å². The van der Waals surface area contributed by atoms with Gasteiger partial charge in [-0.25, -0.2) is 0 Å². The highest BCUT2D eigenvalue weighted by Gasteiger charge is 2.08. The molecule has 0 fully saturated rings. The summed E-state index contributed by atoms with van der Waals surface area (Å²) in [5.74, 6) is -0.465. The molecule has 0 aliphatic carbocycles. The third kappa shape index (κ3) is 3.61. The van der Waals surface area contributed by atoms with E-state index in [2.05, 4.69) is 13.1 Å². The van der Waals surface area contributed by atoms with Crippen LogP contribution in [0.2, 0.25) is 0 Å². The average Bonchev–Trinajstić information content (AvgIpc) is 2.53. The van der Waals surface area contributed by atoms with Crippen LogP contribution in [0.25, 0.3) is 0 Å². The second-order valence-electron chi connectivity index (χ2n) is 4.77. The van der Waals surface area contributed by atoms with Gasteiger partial charge in [0.25, 0.3) is 0 Å². The third-order valence-corrected chi connectivity index (χ3v) is 3.30. The number of hydrogen-bond acceptors (Lipinski definition) is 3. The molecule has 0 radical (unpaired) electrons. The van der Waals surface area contributed by atoms with E-state index < -0.39 is 5.91 Å². The first-order valence-corrected chi connectivity index (χ1v) is 6.79. The molecule has 2 aromatic carbocycles. The molecule has 0 unspecified atom stereocenters. The van der Waals surface area contributed by atoms with Crippen molar-refractivity contribution in [2.24, 2.45) is 5.73 Å². The normalized spacial score (nSPS) is 9.90. The van der Waals surface area contributed by atoms with Crippen LogP contribution in [-0.4, -0.2) is 5.91 Å². The molecule has 0 heterocycles. The zero-order valence-corrected chi connectivity index (χ0v) is 11.9. The molecule has 0 atom stereocenters. The number of aryl methyl sites for hydroxylation is 1. The van der Waals surface area contributed by atoms with Gasteiger partial charge in [-0.2, -0.15) is 5.26 Å². The highest BCUT2D eigenvalue weighted by molar-refractivity contribution is 5.92. The van der Waals surface area contributed by atoms with Gasteiger partial charge in [0, 0.05) is 5.56 Å². The molecule has 0 bridgehead atoms. The van der Waals surface area contributed by atoms with Gasteiger partial charge in [0.15, 0.2) is 6.19 Å². The number of nitrogens with zero attached hydrogens (tertiary/aromatic N) is 2. The molecule has 2 N–H and O–H groups in total. The van der Waals surface area contributed by atoms with E-state index in [0.29, 0.717) is 12.1 Å². The Balaban J connectivity index is 2.25. The monoisotopic (exact) mass is 279 g/mol. The number of amides is 1. The van der Waals surface area contributed by atoms with Gasteiger partial charge < -0.3 is 5.73 Å². The van der Waals surface area contributed by atoms with Crippen molar-refractivity contribution in [2.45, 2.75) is 19.9 Å². The molecule has 2 rings (SSSR count). The number of carbonyl (C=O) groups excluding carboxylic acids is 1. The Labute approximate surface area is 124 Å². The lowest BCUT2D eigenvalue weighted by atomic mass is 10.1. The van der Waals surface area contributed by atoms with Crippen molar-refractivity contribution in [3.8, 4) is 6.19 Å². The second-order valence-corrected chi connectivity index (χ2v) is 4.77. The molecule has 1 amide bonds. The van der Waals surface area contributed by atoms with Crippen LogP contribution >= 0.6 is 0 Å². The first kappa shape index (κ1) is 14.6. The van der Waals surface area contributed by atoms with Crippen molar-refractivity contribution < 1.29 is 4.79 Å². The van der Waals surface area contributed by atoms with Gasteiger partial charge in [-0.05, 0) is 41.8 Å². The van der Waals surface area contributed by atoms with Crippen LogP contribution in [0.3, 0.4) is 0 Å². The SMILES string of the molecule is CCc1cccc(N(C#N)Cc2cccc(C(N)=O)c2)c1. The van der Waals surface area contributed by atoms with Crippen LogP contribution in [0.1, 0.15) is 28.4 Å². The minimum Gasteiger partial charge on any atom is -0.366 e. The van der Waals surface area contributed by atoms with E-state index in [9.17, 15) is 10.1 Å². The van der Waals surface area contributed by atoms with Crippen LogP contribution in [0.5, 0.6) is 0 Å². The summed E-state index contributed by atoms with van der Waals surface area (Å²) in [6, 6.07) is 14.9. The fourth-order valence-electron chi connectivity index (χ4n) is 2.13. The molecule has 0 aliphatic heterocycles. The van der Waals surface area contributed by atoms with E-state index in [1.54, 1.807) is 23.1 Å². The summed E-state index contributed by atoms with van der Waals surface area (Å²) >= 11 is 0. The van der Waals surface area contributed by atoms with Crippen molar-refractivity contribution in [3.05, 3.63) is 65.2 Å². The molecule has 0 aliphatic rings. The number of anilines is 1. The van der Waals surface area contributed by atoms with Gasteiger partial charge >= 0.3 is 0 Å². The van der Waals surface area contributed by atoms with E-state index in [1.807, 2.05) is 30.3 Å². The molecule has 0 saturated carbocycles. The zero-order valence-electron chi connectivity index (χ0n) is 11.9. The van der Waals surface area contributed by atoms with Gasteiger partial charge in [-0.3, -0.25) is 9.69 Å². The predicted molar refractivity (Wildman–Crippen MR) is 82.6 cm³/mol. The van der Waals surface area contributed by atoms with Crippen LogP contribution in [-0.2, 0) is 13.0 Å². The van der Waals surface area contributed by atoms with E-state index in [0.717, 1.165) is 17.7 Å². The minimum absolute atomic E-state index is 0.408. The lowest BCUT2D eigenvalue weighted by Crippen LogP contribution is -2.17. The van der Waals surface area contributed by atoms with Crippen LogP contribution in [0.15, 0.2) is 48.5 Å². The van der Waals surface area contributed by atoms with E-state index in [1.165, 1.54) is 5.56 Å². The number of rotatable bonds is 5. The summed E-state index contributed by atoms with van der Waals surface area (Å²) in [6.45, 7) is 2.48. The molecule has 0 saturated heterocycles. The van der Waals surface area contributed by atoms with Gasteiger partial charge in [-0.1, -0.05) is 31.2 Å². The molecular weight excluding hydrogens is 262 g/mol. The summed E-state index contributed by atoms with van der Waals surface area (Å²) in [7, 11) is 0.